The van der Waals surface area contributed by atoms with Crippen LogP contribution < -0.4 is 10.1 Å². The largest absolute Gasteiger partial charge is 0.573 e. The predicted molar refractivity (Wildman–Crippen MR) is 77.7 cm³/mol. The number of ether oxygens (including phenoxy) is 1. The summed E-state index contributed by atoms with van der Waals surface area (Å²) in [5.74, 6) is -1.01. The molecule has 1 aromatic carbocycles. The average molecular weight is 341 g/mol. The minimum atomic E-state index is -4.80. The van der Waals surface area contributed by atoms with E-state index in [0.29, 0.717) is 13.1 Å². The summed E-state index contributed by atoms with van der Waals surface area (Å²) in [6.45, 7) is 6.48. The number of nitrogens with one attached hydrogen (secondary N) is 1. The topological polar surface area (TPSA) is 24.5 Å². The lowest BCUT2D eigenvalue weighted by molar-refractivity contribution is -0.274. The highest BCUT2D eigenvalue weighted by Gasteiger charge is 2.32. The number of benzene rings is 1. The first kappa shape index (κ1) is 18.7. The van der Waals surface area contributed by atoms with Crippen LogP contribution in [-0.4, -0.2) is 37.4 Å². The third-order valence-electron chi connectivity index (χ3n) is 3.29. The maximum atomic E-state index is 14.0. The summed E-state index contributed by atoms with van der Waals surface area (Å²) in [6, 6.07) is 2.54. The molecule has 1 atom stereocenters. The molecule has 0 radical (unpaired) electrons. The number of alkyl halides is 3. The van der Waals surface area contributed by atoms with Gasteiger partial charge in [0.1, 0.15) is 11.6 Å². The summed E-state index contributed by atoms with van der Waals surface area (Å²) in [5, 5.41) is 3.16. The molecule has 1 saturated heterocycles. The van der Waals surface area contributed by atoms with Crippen LogP contribution in [0, 0.1) is 5.82 Å². The summed E-state index contributed by atoms with van der Waals surface area (Å²) in [4.78, 5) is 1.96. The second-order valence-electron chi connectivity index (χ2n) is 4.70. The van der Waals surface area contributed by atoms with E-state index in [9.17, 15) is 17.6 Å². The fourth-order valence-electron chi connectivity index (χ4n) is 2.38. The van der Waals surface area contributed by atoms with Crippen molar-refractivity contribution < 1.29 is 22.3 Å². The van der Waals surface area contributed by atoms with E-state index in [1.165, 1.54) is 6.08 Å². The van der Waals surface area contributed by atoms with E-state index >= 15 is 0 Å². The Hall–Kier alpha value is -1.31. The van der Waals surface area contributed by atoms with E-state index < -0.39 is 24.0 Å². The van der Waals surface area contributed by atoms with Crippen LogP contribution in [0.15, 0.2) is 30.9 Å². The van der Waals surface area contributed by atoms with Crippen molar-refractivity contribution in [3.05, 3.63) is 42.2 Å². The van der Waals surface area contributed by atoms with Crippen LogP contribution in [0.25, 0.3) is 0 Å². The molecule has 0 aliphatic carbocycles. The summed E-state index contributed by atoms with van der Waals surface area (Å²) in [6.07, 6.45) is -3.27. The Balaban J connectivity index is 0.00000242. The first-order valence-electron chi connectivity index (χ1n) is 6.53. The van der Waals surface area contributed by atoms with Gasteiger partial charge in [-0.1, -0.05) is 6.08 Å². The predicted octanol–water partition coefficient (Wildman–Crippen LogP) is 3.28. The molecule has 8 heteroatoms. The third kappa shape index (κ3) is 4.86. The third-order valence-corrected chi connectivity index (χ3v) is 3.29. The summed E-state index contributed by atoms with van der Waals surface area (Å²) in [5.41, 5.74) is 0.133. The number of rotatable bonds is 4. The monoisotopic (exact) mass is 340 g/mol. The number of nitrogens with zero attached hydrogens (tertiary/aromatic N) is 1. The molecule has 0 unspecified atom stereocenters. The molecule has 0 amide bonds. The Morgan fingerprint density at radius 1 is 1.27 bits per heavy atom. The number of hydrogen-bond acceptors (Lipinski definition) is 3. The van der Waals surface area contributed by atoms with Gasteiger partial charge in [0.05, 0.1) is 6.04 Å². The van der Waals surface area contributed by atoms with Crippen LogP contribution in [0.2, 0.25) is 0 Å². The van der Waals surface area contributed by atoms with Crippen molar-refractivity contribution in [2.24, 2.45) is 0 Å². The van der Waals surface area contributed by atoms with Crippen molar-refractivity contribution >= 4 is 12.4 Å². The standard InChI is InChI=1S/C14H16F4N2O.ClH/c1-2-13(20-7-5-19-6-8-20)11-9-10(3-4-12(11)15)21-14(16,17)18;/h2-4,9,13,19H,1,5-8H2;1H/t13-;/m0./s1. The van der Waals surface area contributed by atoms with Gasteiger partial charge >= 0.3 is 6.36 Å². The van der Waals surface area contributed by atoms with Crippen LogP contribution in [0.3, 0.4) is 0 Å². The van der Waals surface area contributed by atoms with E-state index in [1.54, 1.807) is 0 Å². The lowest BCUT2D eigenvalue weighted by atomic mass is 10.0. The average Bonchev–Trinajstić information content (AvgIpc) is 2.43. The van der Waals surface area contributed by atoms with Gasteiger partial charge in [0, 0.05) is 31.7 Å². The zero-order chi connectivity index (χ0) is 15.5. The van der Waals surface area contributed by atoms with Crippen molar-refractivity contribution in [2.45, 2.75) is 12.4 Å². The Labute approximate surface area is 132 Å². The van der Waals surface area contributed by atoms with Gasteiger partial charge in [0.2, 0.25) is 0 Å². The summed E-state index contributed by atoms with van der Waals surface area (Å²) in [7, 11) is 0. The molecule has 3 nitrogen and oxygen atoms in total. The Kier molecular flexibility index (Phi) is 6.65. The number of halogens is 5. The van der Waals surface area contributed by atoms with E-state index in [4.69, 9.17) is 0 Å². The number of piperazine rings is 1. The minimum Gasteiger partial charge on any atom is -0.406 e. The van der Waals surface area contributed by atoms with Gasteiger partial charge in [0.15, 0.2) is 0 Å². The second-order valence-corrected chi connectivity index (χ2v) is 4.70. The molecular weight excluding hydrogens is 324 g/mol. The van der Waals surface area contributed by atoms with Gasteiger partial charge in [-0.25, -0.2) is 4.39 Å². The van der Waals surface area contributed by atoms with Crippen LogP contribution in [0.5, 0.6) is 5.75 Å². The van der Waals surface area contributed by atoms with E-state index in [1.807, 2.05) is 4.90 Å². The maximum Gasteiger partial charge on any atom is 0.573 e. The van der Waals surface area contributed by atoms with Crippen molar-refractivity contribution in [2.75, 3.05) is 26.2 Å². The molecule has 0 aromatic heterocycles. The van der Waals surface area contributed by atoms with Gasteiger partial charge in [-0.2, -0.15) is 0 Å². The molecule has 124 valence electrons. The molecule has 1 aromatic rings. The molecule has 22 heavy (non-hydrogen) atoms. The smallest absolute Gasteiger partial charge is 0.406 e. The zero-order valence-electron chi connectivity index (χ0n) is 11.7. The molecule has 1 aliphatic rings. The quantitative estimate of drug-likeness (QED) is 0.672. The molecule has 1 heterocycles. The highest BCUT2D eigenvalue weighted by atomic mass is 35.5. The SMILES string of the molecule is C=C[C@@H](c1cc(OC(F)(F)F)ccc1F)N1CCNCC1.Cl. The van der Waals surface area contributed by atoms with Gasteiger partial charge in [-0.3, -0.25) is 4.90 Å². The van der Waals surface area contributed by atoms with Crippen molar-refractivity contribution in [1.29, 1.82) is 0 Å². The first-order valence-corrected chi connectivity index (χ1v) is 6.53. The van der Waals surface area contributed by atoms with Gasteiger partial charge in [0.25, 0.3) is 0 Å². The molecule has 2 rings (SSSR count). The lowest BCUT2D eigenvalue weighted by Gasteiger charge is -2.33. The van der Waals surface area contributed by atoms with Crippen LogP contribution in [0.4, 0.5) is 17.6 Å². The first-order chi connectivity index (χ1) is 9.90. The van der Waals surface area contributed by atoms with Gasteiger partial charge in [-0.05, 0) is 18.2 Å². The minimum absolute atomic E-state index is 0. The Morgan fingerprint density at radius 2 is 1.91 bits per heavy atom. The van der Waals surface area contributed by atoms with Crippen LogP contribution in [-0.2, 0) is 0 Å². The van der Waals surface area contributed by atoms with Crippen molar-refractivity contribution in [3.8, 4) is 5.75 Å². The molecular formula is C14H17ClF4N2O. The highest BCUT2D eigenvalue weighted by molar-refractivity contribution is 5.85. The van der Waals surface area contributed by atoms with Gasteiger partial charge < -0.3 is 10.1 Å². The van der Waals surface area contributed by atoms with Crippen LogP contribution >= 0.6 is 12.4 Å². The fraction of sp³-hybridized carbons (Fsp3) is 0.429. The maximum absolute atomic E-state index is 14.0. The fourth-order valence-corrected chi connectivity index (χ4v) is 2.38. The van der Waals surface area contributed by atoms with E-state index in [-0.39, 0.29) is 18.0 Å². The molecule has 0 saturated carbocycles. The summed E-state index contributed by atoms with van der Waals surface area (Å²) < 4.78 is 54.6. The molecule has 1 N–H and O–H groups in total. The Morgan fingerprint density at radius 3 is 2.45 bits per heavy atom. The number of hydrogen-bond donors (Lipinski definition) is 1. The molecule has 1 fully saturated rings. The highest BCUT2D eigenvalue weighted by Crippen LogP contribution is 2.30. The van der Waals surface area contributed by atoms with Crippen LogP contribution in [0.1, 0.15) is 11.6 Å². The molecule has 0 bridgehead atoms. The molecule has 0 spiro atoms. The summed E-state index contributed by atoms with van der Waals surface area (Å²) >= 11 is 0. The van der Waals surface area contributed by atoms with Crippen molar-refractivity contribution in [3.63, 3.8) is 0 Å². The normalized spacial score (nSPS) is 17.5. The van der Waals surface area contributed by atoms with Gasteiger partial charge in [-0.15, -0.1) is 32.2 Å². The van der Waals surface area contributed by atoms with E-state index in [0.717, 1.165) is 31.3 Å². The second kappa shape index (κ2) is 7.80. The lowest BCUT2D eigenvalue weighted by Crippen LogP contribution is -2.44. The Bertz CT molecular complexity index is 504. The van der Waals surface area contributed by atoms with Crippen molar-refractivity contribution in [1.82, 2.24) is 10.2 Å². The molecule has 1 aliphatic heterocycles. The zero-order valence-corrected chi connectivity index (χ0v) is 12.5. The van der Waals surface area contributed by atoms with E-state index in [2.05, 4.69) is 16.6 Å².